The molecule has 0 amide bonds. The molecular formula is C16H32N2O. The first-order valence-corrected chi connectivity index (χ1v) is 8.24. The van der Waals surface area contributed by atoms with Crippen molar-refractivity contribution in [2.45, 2.75) is 58.6 Å². The van der Waals surface area contributed by atoms with E-state index in [1.165, 1.54) is 45.4 Å². The van der Waals surface area contributed by atoms with E-state index in [4.69, 9.17) is 0 Å². The molecule has 0 aromatic carbocycles. The number of aliphatic hydroxyl groups excluding tert-OH is 1. The van der Waals surface area contributed by atoms with Gasteiger partial charge in [-0.15, -0.1) is 0 Å². The molecule has 2 fully saturated rings. The van der Waals surface area contributed by atoms with Crippen LogP contribution in [0.15, 0.2) is 0 Å². The molecule has 4 unspecified atom stereocenters. The molecule has 1 saturated carbocycles. The van der Waals surface area contributed by atoms with Gasteiger partial charge in [0.25, 0.3) is 0 Å². The van der Waals surface area contributed by atoms with Gasteiger partial charge in [0.2, 0.25) is 0 Å². The van der Waals surface area contributed by atoms with E-state index in [0.717, 1.165) is 24.9 Å². The van der Waals surface area contributed by atoms with Gasteiger partial charge in [-0.1, -0.05) is 13.8 Å². The minimum atomic E-state index is -0.0520. The van der Waals surface area contributed by atoms with Crippen LogP contribution >= 0.6 is 0 Å². The highest BCUT2D eigenvalue weighted by Crippen LogP contribution is 2.29. The second-order valence-electron chi connectivity index (χ2n) is 6.84. The van der Waals surface area contributed by atoms with Crippen molar-refractivity contribution in [3.63, 3.8) is 0 Å². The number of hydrogen-bond acceptors (Lipinski definition) is 3. The Balaban J connectivity index is 1.75. The highest BCUT2D eigenvalue weighted by molar-refractivity contribution is 4.83. The molecule has 0 aromatic rings. The van der Waals surface area contributed by atoms with E-state index in [9.17, 15) is 5.11 Å². The van der Waals surface area contributed by atoms with Crippen molar-refractivity contribution in [2.75, 3.05) is 32.7 Å². The van der Waals surface area contributed by atoms with E-state index in [1.54, 1.807) is 0 Å². The van der Waals surface area contributed by atoms with Crippen molar-refractivity contribution in [3.8, 4) is 0 Å². The summed E-state index contributed by atoms with van der Waals surface area (Å²) in [5, 5.41) is 10.2. The summed E-state index contributed by atoms with van der Waals surface area (Å²) in [6.45, 7) is 12.8. The molecule has 19 heavy (non-hydrogen) atoms. The molecule has 1 aliphatic carbocycles. The molecule has 3 heteroatoms. The van der Waals surface area contributed by atoms with Gasteiger partial charge in [0, 0.05) is 38.8 Å². The third kappa shape index (κ3) is 4.17. The van der Waals surface area contributed by atoms with Crippen molar-refractivity contribution in [2.24, 2.45) is 11.8 Å². The molecule has 0 aromatic heterocycles. The molecule has 1 aliphatic heterocycles. The summed E-state index contributed by atoms with van der Waals surface area (Å²) < 4.78 is 0. The van der Waals surface area contributed by atoms with Crippen LogP contribution in [0.2, 0.25) is 0 Å². The Kier molecular flexibility index (Phi) is 5.67. The zero-order valence-corrected chi connectivity index (χ0v) is 13.0. The van der Waals surface area contributed by atoms with Gasteiger partial charge >= 0.3 is 0 Å². The lowest BCUT2D eigenvalue weighted by Gasteiger charge is -2.41. The van der Waals surface area contributed by atoms with Crippen LogP contribution in [0.25, 0.3) is 0 Å². The lowest BCUT2D eigenvalue weighted by molar-refractivity contribution is 0.0154. The SMILES string of the molecule is CCC(C)N1CCN(CC2CC(C)CCC2O)CC1. The lowest BCUT2D eigenvalue weighted by atomic mass is 9.80. The van der Waals surface area contributed by atoms with Crippen molar-refractivity contribution >= 4 is 0 Å². The van der Waals surface area contributed by atoms with Crippen LogP contribution in [0, 0.1) is 11.8 Å². The number of nitrogens with zero attached hydrogens (tertiary/aromatic N) is 2. The molecule has 0 spiro atoms. The highest BCUT2D eigenvalue weighted by atomic mass is 16.3. The van der Waals surface area contributed by atoms with Gasteiger partial charge in [-0.3, -0.25) is 4.90 Å². The Morgan fingerprint density at radius 2 is 1.84 bits per heavy atom. The van der Waals surface area contributed by atoms with Crippen LogP contribution < -0.4 is 0 Å². The Morgan fingerprint density at radius 3 is 2.47 bits per heavy atom. The molecule has 4 atom stereocenters. The van der Waals surface area contributed by atoms with Crippen LogP contribution in [0.4, 0.5) is 0 Å². The quantitative estimate of drug-likeness (QED) is 0.847. The molecule has 1 heterocycles. The van der Waals surface area contributed by atoms with E-state index in [2.05, 4.69) is 30.6 Å². The molecule has 1 N–H and O–H groups in total. The zero-order chi connectivity index (χ0) is 13.8. The normalized spacial score (nSPS) is 36.3. The summed E-state index contributed by atoms with van der Waals surface area (Å²) in [7, 11) is 0. The monoisotopic (exact) mass is 268 g/mol. The molecular weight excluding hydrogens is 236 g/mol. The minimum absolute atomic E-state index is 0.0520. The third-order valence-corrected chi connectivity index (χ3v) is 5.32. The largest absolute Gasteiger partial charge is 0.393 e. The fourth-order valence-electron chi connectivity index (χ4n) is 3.66. The van der Waals surface area contributed by atoms with Crippen LogP contribution in [-0.4, -0.2) is 59.8 Å². The first-order chi connectivity index (χ1) is 9.10. The van der Waals surface area contributed by atoms with E-state index in [1.807, 2.05) is 0 Å². The Hall–Kier alpha value is -0.120. The van der Waals surface area contributed by atoms with E-state index in [-0.39, 0.29) is 6.10 Å². The van der Waals surface area contributed by atoms with Gasteiger partial charge in [0.15, 0.2) is 0 Å². The number of piperazine rings is 1. The van der Waals surface area contributed by atoms with Gasteiger partial charge in [-0.25, -0.2) is 0 Å². The number of hydrogen-bond donors (Lipinski definition) is 1. The molecule has 0 radical (unpaired) electrons. The number of rotatable bonds is 4. The maximum Gasteiger partial charge on any atom is 0.0580 e. The predicted molar refractivity (Wildman–Crippen MR) is 80.3 cm³/mol. The van der Waals surface area contributed by atoms with E-state index in [0.29, 0.717) is 5.92 Å². The minimum Gasteiger partial charge on any atom is -0.393 e. The smallest absolute Gasteiger partial charge is 0.0580 e. The van der Waals surface area contributed by atoms with Crippen molar-refractivity contribution in [1.29, 1.82) is 0 Å². The molecule has 1 saturated heterocycles. The summed E-state index contributed by atoms with van der Waals surface area (Å²) in [5.74, 6) is 1.31. The van der Waals surface area contributed by atoms with Crippen LogP contribution in [0.5, 0.6) is 0 Å². The van der Waals surface area contributed by atoms with Crippen LogP contribution in [0.1, 0.15) is 46.5 Å². The fourth-order valence-corrected chi connectivity index (χ4v) is 3.66. The number of aliphatic hydroxyl groups is 1. The van der Waals surface area contributed by atoms with Gasteiger partial charge in [0.1, 0.15) is 0 Å². The summed E-state index contributed by atoms with van der Waals surface area (Å²) >= 11 is 0. The third-order valence-electron chi connectivity index (χ3n) is 5.32. The van der Waals surface area contributed by atoms with Gasteiger partial charge in [-0.2, -0.15) is 0 Å². The molecule has 112 valence electrons. The lowest BCUT2D eigenvalue weighted by Crippen LogP contribution is -2.51. The van der Waals surface area contributed by atoms with Crippen LogP contribution in [0.3, 0.4) is 0 Å². The van der Waals surface area contributed by atoms with Crippen molar-refractivity contribution < 1.29 is 5.11 Å². The fraction of sp³-hybridized carbons (Fsp3) is 1.00. The molecule has 2 rings (SSSR count). The first-order valence-electron chi connectivity index (χ1n) is 8.24. The summed E-state index contributed by atoms with van der Waals surface area (Å²) in [6.07, 6.45) is 4.63. The zero-order valence-electron chi connectivity index (χ0n) is 13.0. The van der Waals surface area contributed by atoms with E-state index < -0.39 is 0 Å². The predicted octanol–water partition coefficient (Wildman–Crippen LogP) is 2.20. The standard InChI is InChI=1S/C16H32N2O/c1-4-14(3)18-9-7-17(8-10-18)12-15-11-13(2)5-6-16(15)19/h13-16,19H,4-12H2,1-3H3. The second kappa shape index (κ2) is 7.05. The van der Waals surface area contributed by atoms with E-state index >= 15 is 0 Å². The first kappa shape index (κ1) is 15.3. The van der Waals surface area contributed by atoms with Crippen molar-refractivity contribution in [1.82, 2.24) is 9.80 Å². The second-order valence-corrected chi connectivity index (χ2v) is 6.84. The Morgan fingerprint density at radius 1 is 1.16 bits per heavy atom. The van der Waals surface area contributed by atoms with Gasteiger partial charge < -0.3 is 10.0 Å². The highest BCUT2D eigenvalue weighted by Gasteiger charge is 2.30. The molecule has 2 aliphatic rings. The van der Waals surface area contributed by atoms with Gasteiger partial charge in [-0.05, 0) is 44.4 Å². The summed E-state index contributed by atoms with van der Waals surface area (Å²) in [5.41, 5.74) is 0. The summed E-state index contributed by atoms with van der Waals surface area (Å²) in [6, 6.07) is 0.724. The van der Waals surface area contributed by atoms with Gasteiger partial charge in [0.05, 0.1) is 6.10 Å². The van der Waals surface area contributed by atoms with Crippen molar-refractivity contribution in [3.05, 3.63) is 0 Å². The Bertz CT molecular complexity index is 263. The maximum atomic E-state index is 10.2. The van der Waals surface area contributed by atoms with Crippen LogP contribution in [-0.2, 0) is 0 Å². The average molecular weight is 268 g/mol. The topological polar surface area (TPSA) is 26.7 Å². The molecule has 0 bridgehead atoms. The maximum absolute atomic E-state index is 10.2. The molecule has 3 nitrogen and oxygen atoms in total. The summed E-state index contributed by atoms with van der Waals surface area (Å²) in [4.78, 5) is 5.18. The Labute approximate surface area is 119 Å². The average Bonchev–Trinajstić information content (AvgIpc) is 2.43.